The minimum Gasteiger partial charge on any atom is -0.479 e. The molecule has 1 atom stereocenters. The summed E-state index contributed by atoms with van der Waals surface area (Å²) in [7, 11) is 1.76. The van der Waals surface area contributed by atoms with Crippen molar-refractivity contribution in [3.63, 3.8) is 0 Å². The van der Waals surface area contributed by atoms with E-state index in [0.717, 1.165) is 5.56 Å². The van der Waals surface area contributed by atoms with Gasteiger partial charge in [-0.3, -0.25) is 9.48 Å². The van der Waals surface area contributed by atoms with Crippen LogP contribution in [0.3, 0.4) is 0 Å². The van der Waals surface area contributed by atoms with Crippen LogP contribution in [0.2, 0.25) is 0 Å². The van der Waals surface area contributed by atoms with E-state index in [4.69, 9.17) is 9.84 Å². The van der Waals surface area contributed by atoms with Crippen LogP contribution in [0.1, 0.15) is 28.5 Å². The lowest BCUT2D eigenvalue weighted by atomic mass is 10.1. The van der Waals surface area contributed by atoms with E-state index < -0.39 is 12.1 Å². The van der Waals surface area contributed by atoms with Gasteiger partial charge in [0.25, 0.3) is 0 Å². The van der Waals surface area contributed by atoms with Crippen LogP contribution in [0, 0.1) is 6.92 Å². The highest BCUT2D eigenvalue weighted by atomic mass is 16.5. The standard InChI is InChI=1S/C17H18N2O4/c1-11-15(10-19(3)18-11)16(20)8-7-13-5-4-6-14(9-13)23-12(2)17(21)22/h4-10,12H,1-3H3,(H,21,22)/b8-7-/t12-/m1/s1. The molecule has 0 fully saturated rings. The fourth-order valence-corrected chi connectivity index (χ4v) is 2.05. The number of carboxylic acids is 1. The normalized spacial score (nSPS) is 12.3. The van der Waals surface area contributed by atoms with E-state index in [0.29, 0.717) is 17.0 Å². The molecule has 0 aliphatic carbocycles. The number of carbonyl (C=O) groups excluding carboxylic acids is 1. The number of aromatic nitrogens is 2. The fraction of sp³-hybridized carbons (Fsp3) is 0.235. The molecule has 1 heterocycles. The second-order valence-electron chi connectivity index (χ2n) is 5.17. The van der Waals surface area contributed by atoms with Gasteiger partial charge in [-0.25, -0.2) is 4.79 Å². The summed E-state index contributed by atoms with van der Waals surface area (Å²) in [4.78, 5) is 23.0. The Morgan fingerprint density at radius 3 is 2.74 bits per heavy atom. The Morgan fingerprint density at radius 2 is 2.13 bits per heavy atom. The highest BCUT2D eigenvalue weighted by molar-refractivity contribution is 6.07. The maximum absolute atomic E-state index is 12.2. The molecule has 0 unspecified atom stereocenters. The minimum absolute atomic E-state index is 0.138. The van der Waals surface area contributed by atoms with Gasteiger partial charge in [0.15, 0.2) is 11.9 Å². The molecule has 6 heteroatoms. The van der Waals surface area contributed by atoms with Crippen molar-refractivity contribution < 1.29 is 19.4 Å². The molecular weight excluding hydrogens is 296 g/mol. The summed E-state index contributed by atoms with van der Waals surface area (Å²) in [5, 5.41) is 13.0. The van der Waals surface area contributed by atoms with E-state index >= 15 is 0 Å². The predicted molar refractivity (Wildman–Crippen MR) is 85.5 cm³/mol. The quantitative estimate of drug-likeness (QED) is 0.654. The Labute approximate surface area is 134 Å². The lowest BCUT2D eigenvalue weighted by Crippen LogP contribution is -2.22. The van der Waals surface area contributed by atoms with Crippen molar-refractivity contribution in [2.24, 2.45) is 7.05 Å². The zero-order valence-corrected chi connectivity index (χ0v) is 13.2. The molecule has 23 heavy (non-hydrogen) atoms. The van der Waals surface area contributed by atoms with Gasteiger partial charge in [0.1, 0.15) is 5.75 Å². The summed E-state index contributed by atoms with van der Waals surface area (Å²) in [6.07, 6.45) is 3.86. The van der Waals surface area contributed by atoms with Gasteiger partial charge in [-0.15, -0.1) is 0 Å². The molecule has 1 N–H and O–H groups in total. The van der Waals surface area contributed by atoms with Gasteiger partial charge in [0.05, 0.1) is 11.3 Å². The fourth-order valence-electron chi connectivity index (χ4n) is 2.05. The summed E-state index contributed by atoms with van der Waals surface area (Å²) in [5.41, 5.74) is 1.97. The summed E-state index contributed by atoms with van der Waals surface area (Å²) in [6, 6.07) is 6.89. The maximum atomic E-state index is 12.2. The number of carboxylic acid groups (broad SMARTS) is 1. The van der Waals surface area contributed by atoms with Crippen molar-refractivity contribution in [1.82, 2.24) is 9.78 Å². The molecule has 0 amide bonds. The summed E-state index contributed by atoms with van der Waals surface area (Å²) in [6.45, 7) is 3.24. The summed E-state index contributed by atoms with van der Waals surface area (Å²) in [5.74, 6) is -0.735. The van der Waals surface area contributed by atoms with Gasteiger partial charge in [-0.05, 0) is 37.6 Å². The highest BCUT2D eigenvalue weighted by Crippen LogP contribution is 2.17. The van der Waals surface area contributed by atoms with Crippen LogP contribution in [0.5, 0.6) is 5.75 Å². The molecule has 1 aromatic carbocycles. The third-order valence-electron chi connectivity index (χ3n) is 3.22. The number of carbonyl (C=O) groups is 2. The zero-order chi connectivity index (χ0) is 17.0. The van der Waals surface area contributed by atoms with Crippen molar-refractivity contribution in [3.8, 4) is 5.75 Å². The van der Waals surface area contributed by atoms with Gasteiger partial charge in [0, 0.05) is 13.2 Å². The lowest BCUT2D eigenvalue weighted by molar-refractivity contribution is -0.144. The van der Waals surface area contributed by atoms with Crippen LogP contribution >= 0.6 is 0 Å². The van der Waals surface area contributed by atoms with Gasteiger partial charge < -0.3 is 9.84 Å². The summed E-state index contributed by atoms with van der Waals surface area (Å²) >= 11 is 0. The van der Waals surface area contributed by atoms with Gasteiger partial charge in [-0.2, -0.15) is 5.10 Å². The Balaban J connectivity index is 2.12. The Bertz CT molecular complexity index is 762. The van der Waals surface area contributed by atoms with Crippen LogP contribution < -0.4 is 4.74 Å². The topological polar surface area (TPSA) is 81.4 Å². The van der Waals surface area contributed by atoms with Gasteiger partial charge in [-0.1, -0.05) is 18.2 Å². The first kappa shape index (κ1) is 16.5. The first-order valence-electron chi connectivity index (χ1n) is 7.09. The number of hydrogen-bond acceptors (Lipinski definition) is 4. The van der Waals surface area contributed by atoms with Crippen LogP contribution in [-0.2, 0) is 11.8 Å². The van der Waals surface area contributed by atoms with Crippen molar-refractivity contribution in [1.29, 1.82) is 0 Å². The zero-order valence-electron chi connectivity index (χ0n) is 13.2. The van der Waals surface area contributed by atoms with Crippen molar-refractivity contribution in [3.05, 3.63) is 53.4 Å². The van der Waals surface area contributed by atoms with Crippen LogP contribution in [0.4, 0.5) is 0 Å². The van der Waals surface area contributed by atoms with Crippen LogP contribution in [-0.4, -0.2) is 32.7 Å². The van der Waals surface area contributed by atoms with Crippen molar-refractivity contribution in [2.75, 3.05) is 0 Å². The first-order valence-corrected chi connectivity index (χ1v) is 7.09. The minimum atomic E-state index is -1.03. The second kappa shape index (κ2) is 6.91. The Morgan fingerprint density at radius 1 is 1.39 bits per heavy atom. The largest absolute Gasteiger partial charge is 0.479 e. The van der Waals surface area contributed by atoms with E-state index in [1.54, 1.807) is 55.2 Å². The molecule has 120 valence electrons. The monoisotopic (exact) mass is 314 g/mol. The molecule has 0 saturated carbocycles. The number of hydrogen-bond donors (Lipinski definition) is 1. The first-order chi connectivity index (χ1) is 10.9. The molecule has 6 nitrogen and oxygen atoms in total. The van der Waals surface area contributed by atoms with Gasteiger partial charge >= 0.3 is 5.97 Å². The lowest BCUT2D eigenvalue weighted by Gasteiger charge is -2.10. The SMILES string of the molecule is Cc1nn(C)cc1C(=O)/C=C\c1cccc(O[C@H](C)C(=O)O)c1. The van der Waals surface area contributed by atoms with E-state index in [-0.39, 0.29) is 5.78 Å². The molecule has 2 rings (SSSR count). The van der Waals surface area contributed by atoms with E-state index in [1.165, 1.54) is 13.0 Å². The van der Waals surface area contributed by atoms with E-state index in [1.807, 2.05) is 0 Å². The number of allylic oxidation sites excluding steroid dienone is 1. The Kier molecular flexibility index (Phi) is 4.95. The van der Waals surface area contributed by atoms with Crippen LogP contribution in [0.25, 0.3) is 6.08 Å². The number of rotatable bonds is 6. The molecule has 0 bridgehead atoms. The van der Waals surface area contributed by atoms with E-state index in [9.17, 15) is 9.59 Å². The third-order valence-corrected chi connectivity index (χ3v) is 3.22. The molecule has 0 aliphatic heterocycles. The van der Waals surface area contributed by atoms with Gasteiger partial charge in [0.2, 0.25) is 0 Å². The molecule has 2 aromatic rings. The highest BCUT2D eigenvalue weighted by Gasteiger charge is 2.12. The molecule has 0 aliphatic rings. The average molecular weight is 314 g/mol. The molecule has 1 aromatic heterocycles. The van der Waals surface area contributed by atoms with E-state index in [2.05, 4.69) is 5.10 Å². The maximum Gasteiger partial charge on any atom is 0.344 e. The number of benzene rings is 1. The second-order valence-corrected chi connectivity index (χ2v) is 5.17. The number of aliphatic carboxylic acids is 1. The molecule has 0 saturated heterocycles. The third kappa shape index (κ3) is 4.29. The number of ketones is 1. The number of aryl methyl sites for hydroxylation is 2. The van der Waals surface area contributed by atoms with Crippen LogP contribution in [0.15, 0.2) is 36.5 Å². The predicted octanol–water partition coefficient (Wildman–Crippen LogP) is 2.48. The smallest absolute Gasteiger partial charge is 0.344 e. The molecule has 0 radical (unpaired) electrons. The summed E-state index contributed by atoms with van der Waals surface area (Å²) < 4.78 is 6.89. The van der Waals surface area contributed by atoms with Crippen molar-refractivity contribution in [2.45, 2.75) is 20.0 Å². The number of nitrogens with zero attached hydrogens (tertiary/aromatic N) is 2. The Hall–Kier alpha value is -2.89. The number of ether oxygens (including phenoxy) is 1. The average Bonchev–Trinajstić information content (AvgIpc) is 2.84. The molecular formula is C17H18N2O4. The molecule has 0 spiro atoms. The van der Waals surface area contributed by atoms with Crippen molar-refractivity contribution >= 4 is 17.8 Å².